The van der Waals surface area contributed by atoms with Crippen LogP contribution < -0.4 is 5.32 Å². The molecule has 0 aromatic heterocycles. The standard InChI is InChI=1S/C13H11FN2O4S/c14-21(19,20)13-6-2-4-11(8-13)15-9-10-3-1-5-12(7-10)16(17)18/h1-8,15H,9H2. The van der Waals surface area contributed by atoms with Crippen molar-refractivity contribution in [2.75, 3.05) is 5.32 Å². The van der Waals surface area contributed by atoms with Gasteiger partial charge in [0.15, 0.2) is 0 Å². The molecule has 0 unspecified atom stereocenters. The summed E-state index contributed by atoms with van der Waals surface area (Å²) in [5.74, 6) is 0. The zero-order chi connectivity index (χ0) is 15.5. The molecule has 0 fully saturated rings. The van der Waals surface area contributed by atoms with Crippen LogP contribution >= 0.6 is 0 Å². The summed E-state index contributed by atoms with van der Waals surface area (Å²) in [6.45, 7) is 0.247. The number of nitrogens with one attached hydrogen (secondary N) is 1. The first-order valence-corrected chi connectivity index (χ1v) is 7.26. The van der Waals surface area contributed by atoms with E-state index in [4.69, 9.17) is 0 Å². The maximum absolute atomic E-state index is 12.9. The second-order valence-corrected chi connectivity index (χ2v) is 5.59. The summed E-state index contributed by atoms with van der Waals surface area (Å²) >= 11 is 0. The van der Waals surface area contributed by atoms with Gasteiger partial charge in [-0.2, -0.15) is 8.42 Å². The highest BCUT2D eigenvalue weighted by molar-refractivity contribution is 7.86. The van der Waals surface area contributed by atoms with Crippen LogP contribution in [0.4, 0.5) is 15.3 Å². The van der Waals surface area contributed by atoms with Crippen LogP contribution in [0.25, 0.3) is 0 Å². The summed E-state index contributed by atoms with van der Waals surface area (Å²) < 4.78 is 34.5. The monoisotopic (exact) mass is 310 g/mol. The number of nitro benzene ring substituents is 1. The molecular formula is C13H11FN2O4S. The van der Waals surface area contributed by atoms with E-state index >= 15 is 0 Å². The maximum Gasteiger partial charge on any atom is 0.332 e. The molecule has 21 heavy (non-hydrogen) atoms. The van der Waals surface area contributed by atoms with Gasteiger partial charge >= 0.3 is 10.2 Å². The molecule has 0 aliphatic carbocycles. The van der Waals surface area contributed by atoms with E-state index in [1.54, 1.807) is 18.2 Å². The van der Waals surface area contributed by atoms with Gasteiger partial charge in [-0.25, -0.2) is 0 Å². The number of nitrogens with zero attached hydrogens (tertiary/aromatic N) is 1. The molecule has 110 valence electrons. The number of benzene rings is 2. The Kier molecular flexibility index (Phi) is 4.18. The Bertz CT molecular complexity index is 777. The molecule has 0 spiro atoms. The number of hydrogen-bond donors (Lipinski definition) is 1. The molecule has 0 saturated carbocycles. The summed E-state index contributed by atoms with van der Waals surface area (Å²) in [4.78, 5) is 9.72. The highest BCUT2D eigenvalue weighted by Crippen LogP contribution is 2.19. The zero-order valence-corrected chi connectivity index (χ0v) is 11.5. The third-order valence-electron chi connectivity index (χ3n) is 2.73. The summed E-state index contributed by atoms with van der Waals surface area (Å²) in [5.41, 5.74) is 1.02. The van der Waals surface area contributed by atoms with Gasteiger partial charge in [-0.05, 0) is 23.8 Å². The quantitative estimate of drug-likeness (QED) is 0.521. The second kappa shape index (κ2) is 5.88. The van der Waals surface area contributed by atoms with Gasteiger partial charge in [0.1, 0.15) is 4.90 Å². The molecule has 2 rings (SSSR count). The summed E-state index contributed by atoms with van der Waals surface area (Å²) in [7, 11) is -4.76. The molecule has 2 aromatic rings. The van der Waals surface area contributed by atoms with Crippen LogP contribution in [0.1, 0.15) is 5.56 Å². The summed E-state index contributed by atoms with van der Waals surface area (Å²) in [5, 5.41) is 13.5. The summed E-state index contributed by atoms with van der Waals surface area (Å²) in [6, 6.07) is 11.3. The fourth-order valence-corrected chi connectivity index (χ4v) is 2.25. The predicted octanol–water partition coefficient (Wildman–Crippen LogP) is 2.87. The number of hydrogen-bond acceptors (Lipinski definition) is 5. The molecule has 0 atom stereocenters. The molecular weight excluding hydrogens is 299 g/mol. The maximum atomic E-state index is 12.9. The first-order valence-electron chi connectivity index (χ1n) is 5.88. The van der Waals surface area contributed by atoms with E-state index in [0.717, 1.165) is 12.1 Å². The fourth-order valence-electron chi connectivity index (χ4n) is 1.74. The lowest BCUT2D eigenvalue weighted by molar-refractivity contribution is -0.384. The van der Waals surface area contributed by atoms with Gasteiger partial charge in [0.05, 0.1) is 4.92 Å². The van der Waals surface area contributed by atoms with E-state index < -0.39 is 20.0 Å². The molecule has 0 amide bonds. The van der Waals surface area contributed by atoms with Crippen LogP contribution in [0.5, 0.6) is 0 Å². The van der Waals surface area contributed by atoms with Crippen LogP contribution in [0.2, 0.25) is 0 Å². The van der Waals surface area contributed by atoms with E-state index in [-0.39, 0.29) is 12.2 Å². The van der Waals surface area contributed by atoms with Crippen molar-refractivity contribution >= 4 is 21.6 Å². The van der Waals surface area contributed by atoms with Gasteiger partial charge in [0.25, 0.3) is 5.69 Å². The van der Waals surface area contributed by atoms with Gasteiger partial charge in [-0.1, -0.05) is 18.2 Å². The smallest absolute Gasteiger partial charge is 0.332 e. The van der Waals surface area contributed by atoms with Crippen molar-refractivity contribution in [3.8, 4) is 0 Å². The van der Waals surface area contributed by atoms with E-state index in [0.29, 0.717) is 11.3 Å². The normalized spacial score (nSPS) is 11.1. The van der Waals surface area contributed by atoms with Crippen molar-refractivity contribution in [2.45, 2.75) is 11.4 Å². The van der Waals surface area contributed by atoms with Crippen LogP contribution in [-0.4, -0.2) is 13.3 Å². The molecule has 0 aliphatic heterocycles. The van der Waals surface area contributed by atoms with Crippen LogP contribution in [0.15, 0.2) is 53.4 Å². The van der Waals surface area contributed by atoms with Crippen LogP contribution in [0.3, 0.4) is 0 Å². The van der Waals surface area contributed by atoms with E-state index in [2.05, 4.69) is 5.32 Å². The van der Waals surface area contributed by atoms with Gasteiger partial charge in [0.2, 0.25) is 0 Å². The van der Waals surface area contributed by atoms with Crippen LogP contribution in [-0.2, 0) is 16.8 Å². The lowest BCUT2D eigenvalue weighted by Gasteiger charge is -2.07. The Morgan fingerprint density at radius 2 is 1.86 bits per heavy atom. The predicted molar refractivity (Wildman–Crippen MR) is 75.2 cm³/mol. The lowest BCUT2D eigenvalue weighted by Crippen LogP contribution is -2.01. The number of anilines is 1. The topological polar surface area (TPSA) is 89.3 Å². The minimum absolute atomic E-state index is 0.0330. The first kappa shape index (κ1) is 14.9. The molecule has 0 radical (unpaired) electrons. The Morgan fingerprint density at radius 1 is 1.14 bits per heavy atom. The second-order valence-electron chi connectivity index (χ2n) is 4.25. The fraction of sp³-hybridized carbons (Fsp3) is 0.0769. The van der Waals surface area contributed by atoms with Gasteiger partial charge in [-0.3, -0.25) is 10.1 Å². The van der Waals surface area contributed by atoms with Gasteiger partial charge in [0, 0.05) is 24.4 Å². The van der Waals surface area contributed by atoms with E-state index in [9.17, 15) is 22.4 Å². The zero-order valence-electron chi connectivity index (χ0n) is 10.7. The number of halogens is 1. The Hall–Kier alpha value is -2.48. The highest BCUT2D eigenvalue weighted by atomic mass is 32.3. The van der Waals surface area contributed by atoms with Gasteiger partial charge in [-0.15, -0.1) is 3.89 Å². The van der Waals surface area contributed by atoms with Crippen molar-refractivity contribution in [1.82, 2.24) is 0 Å². The minimum atomic E-state index is -4.76. The van der Waals surface area contributed by atoms with Crippen molar-refractivity contribution in [3.63, 3.8) is 0 Å². The average Bonchev–Trinajstić information content (AvgIpc) is 2.45. The third kappa shape index (κ3) is 3.99. The van der Waals surface area contributed by atoms with E-state index in [1.807, 2.05) is 0 Å². The van der Waals surface area contributed by atoms with Crippen molar-refractivity contribution in [1.29, 1.82) is 0 Å². The average molecular weight is 310 g/mol. The molecule has 0 aliphatic rings. The highest BCUT2D eigenvalue weighted by Gasteiger charge is 2.12. The van der Waals surface area contributed by atoms with Gasteiger partial charge < -0.3 is 5.32 Å². The first-order chi connectivity index (χ1) is 9.86. The number of non-ortho nitro benzene ring substituents is 1. The minimum Gasteiger partial charge on any atom is -0.381 e. The molecule has 1 N–H and O–H groups in total. The third-order valence-corrected chi connectivity index (χ3v) is 3.55. The lowest BCUT2D eigenvalue weighted by atomic mass is 10.2. The molecule has 0 bridgehead atoms. The number of rotatable bonds is 5. The molecule has 8 heteroatoms. The largest absolute Gasteiger partial charge is 0.381 e. The van der Waals surface area contributed by atoms with Crippen molar-refractivity contribution in [2.24, 2.45) is 0 Å². The Balaban J connectivity index is 2.13. The summed E-state index contributed by atoms with van der Waals surface area (Å²) in [6.07, 6.45) is 0. The molecule has 6 nitrogen and oxygen atoms in total. The van der Waals surface area contributed by atoms with Crippen molar-refractivity contribution in [3.05, 3.63) is 64.2 Å². The van der Waals surface area contributed by atoms with Crippen molar-refractivity contribution < 1.29 is 17.2 Å². The Labute approximate surface area is 120 Å². The van der Waals surface area contributed by atoms with Crippen LogP contribution in [0, 0.1) is 10.1 Å². The SMILES string of the molecule is O=[N+]([O-])c1cccc(CNc2cccc(S(=O)(=O)F)c2)c1. The molecule has 0 saturated heterocycles. The Morgan fingerprint density at radius 3 is 2.52 bits per heavy atom. The van der Waals surface area contributed by atoms with E-state index in [1.165, 1.54) is 18.2 Å². The molecule has 0 heterocycles. The number of nitro groups is 1. The molecule has 2 aromatic carbocycles.